The Hall–Kier alpha value is -0.300. The van der Waals surface area contributed by atoms with Crippen LogP contribution in [-0.4, -0.2) is 0 Å². The van der Waals surface area contributed by atoms with Gasteiger partial charge in [0.15, 0.2) is 0 Å². The van der Waals surface area contributed by atoms with E-state index in [2.05, 4.69) is 15.9 Å². The Bertz CT molecular complexity index is 135. The van der Waals surface area contributed by atoms with Gasteiger partial charge in [0.1, 0.15) is 0 Å². The minimum absolute atomic E-state index is 1.13. The third-order valence-electron chi connectivity index (χ3n) is 0.733. The summed E-state index contributed by atoms with van der Waals surface area (Å²) in [6, 6.07) is 9.97. The summed E-state index contributed by atoms with van der Waals surface area (Å²) in [5.74, 6) is 0. The van der Waals surface area contributed by atoms with Crippen molar-refractivity contribution in [1.29, 1.82) is 0 Å². The van der Waals surface area contributed by atoms with Crippen LogP contribution in [0.1, 0.15) is 27.7 Å². The van der Waals surface area contributed by atoms with Crippen molar-refractivity contribution in [3.05, 3.63) is 34.8 Å². The van der Waals surface area contributed by atoms with Crippen LogP contribution in [0.2, 0.25) is 0 Å². The quantitative estimate of drug-likeness (QED) is 0.600. The van der Waals surface area contributed by atoms with Crippen LogP contribution in [-0.2, 0) is 0 Å². The number of hydrogen-bond acceptors (Lipinski definition) is 0. The molecule has 0 saturated heterocycles. The summed E-state index contributed by atoms with van der Waals surface area (Å²) in [4.78, 5) is 0. The lowest BCUT2D eigenvalue weighted by Gasteiger charge is -1.80. The lowest BCUT2D eigenvalue weighted by molar-refractivity contribution is 1.50. The molecule has 1 heteroatoms. The molecular weight excluding hydrogens is 200 g/mol. The Morgan fingerprint density at radius 2 is 1.18 bits per heavy atom. The van der Waals surface area contributed by atoms with Crippen molar-refractivity contribution in [3.8, 4) is 0 Å². The van der Waals surface area contributed by atoms with E-state index >= 15 is 0 Å². The lowest BCUT2D eigenvalue weighted by Crippen LogP contribution is -1.55. The molecule has 0 bridgehead atoms. The van der Waals surface area contributed by atoms with E-state index in [0.29, 0.717) is 0 Å². The molecule has 0 atom stereocenters. The van der Waals surface area contributed by atoms with Crippen molar-refractivity contribution in [2.75, 3.05) is 0 Å². The van der Waals surface area contributed by atoms with Crippen LogP contribution in [0.3, 0.4) is 0 Å². The van der Waals surface area contributed by atoms with Gasteiger partial charge in [0.05, 0.1) is 0 Å². The average molecular weight is 217 g/mol. The van der Waals surface area contributed by atoms with E-state index in [0.717, 1.165) is 4.47 Å². The summed E-state index contributed by atoms with van der Waals surface area (Å²) >= 11 is 3.31. The second kappa shape index (κ2) is 12.4. The fourth-order valence-electron chi connectivity index (χ4n) is 0.415. The first-order valence-corrected chi connectivity index (χ1v) is 4.89. The third-order valence-corrected chi connectivity index (χ3v) is 1.26. The predicted molar refractivity (Wildman–Crippen MR) is 56.8 cm³/mol. The summed E-state index contributed by atoms with van der Waals surface area (Å²) in [6.45, 7) is 8.00. The van der Waals surface area contributed by atoms with E-state index in [1.165, 1.54) is 0 Å². The fourth-order valence-corrected chi connectivity index (χ4v) is 0.720. The normalized spacial score (nSPS) is 6.64. The molecule has 0 aliphatic rings. The first-order chi connectivity index (χ1) is 5.39. The highest BCUT2D eigenvalue weighted by atomic mass is 79.9. The molecule has 0 saturated carbocycles. The molecule has 1 aromatic rings. The molecule has 0 heterocycles. The van der Waals surface area contributed by atoms with E-state index in [4.69, 9.17) is 0 Å². The maximum atomic E-state index is 3.31. The topological polar surface area (TPSA) is 0 Å². The van der Waals surface area contributed by atoms with E-state index in [-0.39, 0.29) is 0 Å². The van der Waals surface area contributed by atoms with Crippen LogP contribution in [0.25, 0.3) is 0 Å². The summed E-state index contributed by atoms with van der Waals surface area (Å²) in [5, 5.41) is 0. The van der Waals surface area contributed by atoms with Gasteiger partial charge in [0, 0.05) is 4.47 Å². The molecule has 0 N–H and O–H groups in total. The molecule has 0 unspecified atom stereocenters. The largest absolute Gasteiger partial charge is 0.0683 e. The second-order valence-electron chi connectivity index (χ2n) is 1.30. The Morgan fingerprint density at radius 3 is 1.36 bits per heavy atom. The zero-order chi connectivity index (χ0) is 9.11. The first-order valence-electron chi connectivity index (χ1n) is 4.10. The molecule has 0 amide bonds. The molecule has 0 radical (unpaired) electrons. The highest BCUT2D eigenvalue weighted by molar-refractivity contribution is 9.10. The molecule has 11 heavy (non-hydrogen) atoms. The second-order valence-corrected chi connectivity index (χ2v) is 2.21. The number of hydrogen-bond donors (Lipinski definition) is 0. The summed E-state index contributed by atoms with van der Waals surface area (Å²) in [5.41, 5.74) is 0. The molecule has 1 aromatic carbocycles. The van der Waals surface area contributed by atoms with Crippen LogP contribution >= 0.6 is 15.9 Å². The van der Waals surface area contributed by atoms with Gasteiger partial charge in [-0.25, -0.2) is 0 Å². The number of rotatable bonds is 0. The minimum atomic E-state index is 1.13. The molecule has 0 nitrogen and oxygen atoms in total. The molecule has 0 fully saturated rings. The fraction of sp³-hybridized carbons (Fsp3) is 0.400. The number of benzene rings is 1. The molecule has 0 aliphatic carbocycles. The average Bonchev–Trinajstić information content (AvgIpc) is 2.13. The molecular formula is C10H17Br. The van der Waals surface area contributed by atoms with Gasteiger partial charge < -0.3 is 0 Å². The maximum Gasteiger partial charge on any atom is 0.0175 e. The first kappa shape index (κ1) is 13.3. The van der Waals surface area contributed by atoms with E-state index in [9.17, 15) is 0 Å². The van der Waals surface area contributed by atoms with Crippen molar-refractivity contribution in [2.45, 2.75) is 27.7 Å². The van der Waals surface area contributed by atoms with Gasteiger partial charge in [-0.15, -0.1) is 0 Å². The summed E-state index contributed by atoms with van der Waals surface area (Å²) < 4.78 is 1.13. The van der Waals surface area contributed by atoms with Crippen molar-refractivity contribution in [2.24, 2.45) is 0 Å². The van der Waals surface area contributed by atoms with Gasteiger partial charge >= 0.3 is 0 Å². The van der Waals surface area contributed by atoms with Crippen molar-refractivity contribution in [1.82, 2.24) is 0 Å². The lowest BCUT2D eigenvalue weighted by atomic mass is 10.4. The van der Waals surface area contributed by atoms with Crippen molar-refractivity contribution < 1.29 is 0 Å². The van der Waals surface area contributed by atoms with E-state index in [1.54, 1.807) is 0 Å². The zero-order valence-corrected chi connectivity index (χ0v) is 9.35. The van der Waals surface area contributed by atoms with Gasteiger partial charge in [0.2, 0.25) is 0 Å². The van der Waals surface area contributed by atoms with Gasteiger partial charge in [-0.05, 0) is 12.1 Å². The number of halogens is 1. The Morgan fingerprint density at radius 1 is 0.818 bits per heavy atom. The Labute approximate surface area is 78.8 Å². The Kier molecular flexibility index (Phi) is 15.0. The highest BCUT2D eigenvalue weighted by Gasteiger charge is 1.74. The van der Waals surface area contributed by atoms with Crippen LogP contribution in [0, 0.1) is 0 Å². The van der Waals surface area contributed by atoms with E-state index < -0.39 is 0 Å². The van der Waals surface area contributed by atoms with Crippen LogP contribution in [0.15, 0.2) is 34.8 Å². The van der Waals surface area contributed by atoms with Gasteiger partial charge in [0.25, 0.3) is 0 Å². The molecule has 0 aliphatic heterocycles. The summed E-state index contributed by atoms with van der Waals surface area (Å²) in [6.07, 6.45) is 0. The third kappa shape index (κ3) is 9.70. The Balaban J connectivity index is 0. The standard InChI is InChI=1S/C6H5Br.2C2H6/c7-6-4-2-1-3-5-6;2*1-2/h1-5H;2*1-2H3. The van der Waals surface area contributed by atoms with Crippen LogP contribution in [0.5, 0.6) is 0 Å². The molecule has 64 valence electrons. The zero-order valence-electron chi connectivity index (χ0n) is 7.76. The predicted octanol–water partition coefficient (Wildman–Crippen LogP) is 4.50. The monoisotopic (exact) mass is 216 g/mol. The molecule has 0 spiro atoms. The van der Waals surface area contributed by atoms with E-state index in [1.807, 2.05) is 58.0 Å². The van der Waals surface area contributed by atoms with Crippen molar-refractivity contribution in [3.63, 3.8) is 0 Å². The van der Waals surface area contributed by atoms with Crippen LogP contribution < -0.4 is 0 Å². The molecule has 0 aromatic heterocycles. The maximum absolute atomic E-state index is 3.31. The SMILES string of the molecule is Brc1ccccc1.CC.CC. The van der Waals surface area contributed by atoms with Gasteiger partial charge in [-0.1, -0.05) is 61.8 Å². The summed E-state index contributed by atoms with van der Waals surface area (Å²) in [7, 11) is 0. The minimum Gasteiger partial charge on any atom is -0.0683 e. The molecule has 1 rings (SSSR count). The smallest absolute Gasteiger partial charge is 0.0175 e. The van der Waals surface area contributed by atoms with Crippen LogP contribution in [0.4, 0.5) is 0 Å². The van der Waals surface area contributed by atoms with Gasteiger partial charge in [-0.3, -0.25) is 0 Å². The highest BCUT2D eigenvalue weighted by Crippen LogP contribution is 2.05. The van der Waals surface area contributed by atoms with Crippen molar-refractivity contribution >= 4 is 15.9 Å². The van der Waals surface area contributed by atoms with Gasteiger partial charge in [-0.2, -0.15) is 0 Å².